The van der Waals surface area contributed by atoms with E-state index in [0.717, 1.165) is 0 Å². The van der Waals surface area contributed by atoms with E-state index < -0.39 is 5.97 Å². The van der Waals surface area contributed by atoms with E-state index in [1.165, 1.54) is 18.4 Å². The Bertz CT molecular complexity index is 872. The second-order valence-electron chi connectivity index (χ2n) is 4.54. The Balaban J connectivity index is 1.77. The predicted octanol–water partition coefficient (Wildman–Crippen LogP) is 2.98. The number of hydrogen-bond donors (Lipinski definition) is 2. The summed E-state index contributed by atoms with van der Waals surface area (Å²) < 4.78 is 5.25. The Morgan fingerprint density at radius 2 is 2.29 bits per heavy atom. The largest absolute Gasteiger partial charge is 0.476 e. The van der Waals surface area contributed by atoms with Crippen molar-refractivity contribution in [2.45, 2.75) is 0 Å². The molecule has 0 aliphatic heterocycles. The van der Waals surface area contributed by atoms with Gasteiger partial charge in [-0.15, -0.1) is 11.3 Å². The molecule has 0 unspecified atom stereocenters. The Morgan fingerprint density at radius 3 is 3.00 bits per heavy atom. The van der Waals surface area contributed by atoms with Gasteiger partial charge in [0, 0.05) is 23.2 Å². The standard InChI is InChI=1S/C15H12N4O4S/c1-22-19-14(15(20)21)9-6-13(24-8-9)17-12-7-11(23-18-12)10-4-2-3-5-16-10/h2-8H,1H3,(H,17,18)(H,20,21)/b19-14-. The van der Waals surface area contributed by atoms with Gasteiger partial charge in [0.2, 0.25) is 0 Å². The van der Waals surface area contributed by atoms with Gasteiger partial charge in [-0.3, -0.25) is 4.98 Å². The number of aromatic nitrogens is 2. The molecule has 24 heavy (non-hydrogen) atoms. The number of thiophene rings is 1. The Hall–Kier alpha value is -3.20. The predicted molar refractivity (Wildman–Crippen MR) is 88.5 cm³/mol. The molecule has 122 valence electrons. The summed E-state index contributed by atoms with van der Waals surface area (Å²) in [6.45, 7) is 0. The van der Waals surface area contributed by atoms with Crippen LogP contribution in [0.25, 0.3) is 11.5 Å². The molecule has 0 amide bonds. The van der Waals surface area contributed by atoms with Crippen molar-refractivity contribution in [3.8, 4) is 11.5 Å². The fourth-order valence-corrected chi connectivity index (χ4v) is 2.71. The number of pyridine rings is 1. The van der Waals surface area contributed by atoms with Crippen molar-refractivity contribution in [3.63, 3.8) is 0 Å². The molecule has 0 aliphatic carbocycles. The van der Waals surface area contributed by atoms with Crippen LogP contribution in [0.4, 0.5) is 10.8 Å². The van der Waals surface area contributed by atoms with Crippen LogP contribution in [0.5, 0.6) is 0 Å². The lowest BCUT2D eigenvalue weighted by Crippen LogP contribution is -2.13. The van der Waals surface area contributed by atoms with Gasteiger partial charge in [-0.05, 0) is 18.2 Å². The van der Waals surface area contributed by atoms with Crippen LogP contribution in [0.15, 0.2) is 51.6 Å². The van der Waals surface area contributed by atoms with Crippen LogP contribution in [0.3, 0.4) is 0 Å². The van der Waals surface area contributed by atoms with E-state index in [4.69, 9.17) is 9.63 Å². The number of hydrogen-bond acceptors (Lipinski definition) is 8. The number of oxime groups is 1. The first-order valence-corrected chi connectivity index (χ1v) is 7.64. The van der Waals surface area contributed by atoms with Crippen LogP contribution in [0.1, 0.15) is 5.56 Å². The maximum Gasteiger partial charge on any atom is 0.358 e. The van der Waals surface area contributed by atoms with Crippen LogP contribution in [-0.4, -0.2) is 34.0 Å². The van der Waals surface area contributed by atoms with Gasteiger partial charge in [0.25, 0.3) is 0 Å². The minimum atomic E-state index is -1.17. The summed E-state index contributed by atoms with van der Waals surface area (Å²) in [4.78, 5) is 19.9. The van der Waals surface area contributed by atoms with E-state index in [-0.39, 0.29) is 5.71 Å². The van der Waals surface area contributed by atoms with Crippen LogP contribution >= 0.6 is 11.3 Å². The first-order chi connectivity index (χ1) is 11.7. The molecule has 3 rings (SSSR count). The quantitative estimate of drug-likeness (QED) is 0.522. The highest BCUT2D eigenvalue weighted by Crippen LogP contribution is 2.27. The summed E-state index contributed by atoms with van der Waals surface area (Å²) in [6, 6.07) is 8.84. The van der Waals surface area contributed by atoms with E-state index in [1.54, 1.807) is 23.7 Å². The maximum atomic E-state index is 11.2. The molecule has 0 atom stereocenters. The van der Waals surface area contributed by atoms with Gasteiger partial charge in [0.1, 0.15) is 12.8 Å². The summed E-state index contributed by atoms with van der Waals surface area (Å²) in [5, 5.41) is 22.0. The lowest BCUT2D eigenvalue weighted by Gasteiger charge is -1.97. The minimum Gasteiger partial charge on any atom is -0.476 e. The summed E-state index contributed by atoms with van der Waals surface area (Å²) in [7, 11) is 1.29. The van der Waals surface area contributed by atoms with Crippen LogP contribution in [-0.2, 0) is 9.63 Å². The third-order valence-electron chi connectivity index (χ3n) is 2.94. The molecule has 0 aliphatic rings. The molecular weight excluding hydrogens is 332 g/mol. The molecule has 0 fully saturated rings. The third kappa shape index (κ3) is 3.41. The van der Waals surface area contributed by atoms with Gasteiger partial charge in [0.05, 0.1) is 5.00 Å². The van der Waals surface area contributed by atoms with E-state index in [2.05, 4.69) is 25.5 Å². The molecule has 9 heteroatoms. The van der Waals surface area contributed by atoms with Crippen molar-refractivity contribution in [2.75, 3.05) is 12.4 Å². The Labute approximate surface area is 140 Å². The van der Waals surface area contributed by atoms with Crippen molar-refractivity contribution in [1.29, 1.82) is 0 Å². The maximum absolute atomic E-state index is 11.2. The van der Waals surface area contributed by atoms with Crippen molar-refractivity contribution in [3.05, 3.63) is 47.5 Å². The second-order valence-corrected chi connectivity index (χ2v) is 5.45. The number of rotatable bonds is 6. The number of nitrogens with zero attached hydrogens (tertiary/aromatic N) is 3. The lowest BCUT2D eigenvalue weighted by molar-refractivity contribution is -0.129. The minimum absolute atomic E-state index is 0.170. The van der Waals surface area contributed by atoms with Crippen molar-refractivity contribution >= 4 is 33.8 Å². The molecule has 0 aromatic carbocycles. The average Bonchev–Trinajstić information content (AvgIpc) is 3.23. The van der Waals surface area contributed by atoms with E-state index in [0.29, 0.717) is 27.8 Å². The normalized spacial score (nSPS) is 11.3. The van der Waals surface area contributed by atoms with Crippen LogP contribution < -0.4 is 5.32 Å². The molecular formula is C15H12N4O4S. The second kappa shape index (κ2) is 6.92. The zero-order chi connectivity index (χ0) is 16.9. The number of nitrogens with one attached hydrogen (secondary N) is 1. The zero-order valence-electron chi connectivity index (χ0n) is 12.5. The van der Waals surface area contributed by atoms with E-state index >= 15 is 0 Å². The SMILES string of the molecule is CO/N=C(\C(=O)O)c1csc(Nc2cc(-c3ccccn3)on2)c1. The highest BCUT2D eigenvalue weighted by Gasteiger charge is 2.16. The molecule has 8 nitrogen and oxygen atoms in total. The number of carboxylic acid groups (broad SMARTS) is 1. The molecule has 0 saturated heterocycles. The molecule has 0 spiro atoms. The van der Waals surface area contributed by atoms with Crippen LogP contribution in [0.2, 0.25) is 0 Å². The zero-order valence-corrected chi connectivity index (χ0v) is 13.3. The number of carboxylic acids is 1. The van der Waals surface area contributed by atoms with Crippen molar-refractivity contribution < 1.29 is 19.3 Å². The number of aliphatic carboxylic acids is 1. The summed E-state index contributed by atoms with van der Waals surface area (Å²) in [5.74, 6) is -0.147. The van der Waals surface area contributed by atoms with Gasteiger partial charge < -0.3 is 19.8 Å². The van der Waals surface area contributed by atoms with Gasteiger partial charge in [0.15, 0.2) is 17.3 Å². The third-order valence-corrected chi connectivity index (χ3v) is 3.78. The topological polar surface area (TPSA) is 110 Å². The molecule has 0 bridgehead atoms. The number of carbonyl (C=O) groups is 1. The molecule has 3 heterocycles. The highest BCUT2D eigenvalue weighted by molar-refractivity contribution is 7.14. The van der Waals surface area contributed by atoms with E-state index in [1.807, 2.05) is 18.2 Å². The van der Waals surface area contributed by atoms with Gasteiger partial charge >= 0.3 is 5.97 Å². The molecule has 3 aromatic heterocycles. The average molecular weight is 344 g/mol. The van der Waals surface area contributed by atoms with Gasteiger partial charge in [-0.2, -0.15) is 0 Å². The molecule has 0 radical (unpaired) electrons. The van der Waals surface area contributed by atoms with Crippen molar-refractivity contribution in [2.24, 2.45) is 5.16 Å². The van der Waals surface area contributed by atoms with Crippen LogP contribution in [0, 0.1) is 0 Å². The smallest absolute Gasteiger partial charge is 0.358 e. The van der Waals surface area contributed by atoms with Gasteiger partial charge in [-0.1, -0.05) is 16.4 Å². The fourth-order valence-electron chi connectivity index (χ4n) is 1.92. The molecule has 3 aromatic rings. The highest BCUT2D eigenvalue weighted by atomic mass is 32.1. The first-order valence-electron chi connectivity index (χ1n) is 6.76. The summed E-state index contributed by atoms with van der Waals surface area (Å²) in [5.41, 5.74) is 0.937. The fraction of sp³-hybridized carbons (Fsp3) is 0.0667. The van der Waals surface area contributed by atoms with E-state index in [9.17, 15) is 4.79 Å². The molecule has 2 N–H and O–H groups in total. The molecule has 0 saturated carbocycles. The monoisotopic (exact) mass is 344 g/mol. The van der Waals surface area contributed by atoms with Crippen molar-refractivity contribution in [1.82, 2.24) is 10.1 Å². The Kier molecular flexibility index (Phi) is 4.52. The summed E-state index contributed by atoms with van der Waals surface area (Å²) >= 11 is 1.31. The lowest BCUT2D eigenvalue weighted by atomic mass is 10.2. The summed E-state index contributed by atoms with van der Waals surface area (Å²) in [6.07, 6.45) is 1.67. The number of anilines is 2. The Morgan fingerprint density at radius 1 is 1.42 bits per heavy atom. The first kappa shape index (κ1) is 15.7. The van der Waals surface area contributed by atoms with Gasteiger partial charge in [-0.25, -0.2) is 4.79 Å².